The van der Waals surface area contributed by atoms with Crippen LogP contribution in [-0.4, -0.2) is 44.7 Å². The number of nitrogens with zero attached hydrogens (tertiary/aromatic N) is 3. The summed E-state index contributed by atoms with van der Waals surface area (Å²) in [4.78, 5) is 28.2. The van der Waals surface area contributed by atoms with Crippen molar-refractivity contribution < 1.29 is 9.90 Å². The van der Waals surface area contributed by atoms with Gasteiger partial charge in [-0.25, -0.2) is 9.78 Å². The van der Waals surface area contributed by atoms with Crippen molar-refractivity contribution in [1.29, 1.82) is 0 Å². The lowest BCUT2D eigenvalue weighted by Crippen LogP contribution is -2.49. The number of carbonyl (C=O) groups is 1. The molecule has 94 valence electrons. The molecule has 0 saturated carbocycles. The Kier molecular flexibility index (Phi) is 4.01. The Morgan fingerprint density at radius 2 is 2.24 bits per heavy atom. The Labute approximate surface area is 99.5 Å². The average molecular weight is 239 g/mol. The molecule has 0 bridgehead atoms. The zero-order valence-electron chi connectivity index (χ0n) is 10.3. The van der Waals surface area contributed by atoms with Crippen molar-refractivity contribution in [3.8, 4) is 0 Å². The van der Waals surface area contributed by atoms with Crippen LogP contribution in [0.3, 0.4) is 0 Å². The molecule has 1 N–H and O–H groups in total. The maximum atomic E-state index is 11.9. The van der Waals surface area contributed by atoms with Gasteiger partial charge in [0.05, 0.1) is 12.1 Å². The highest BCUT2D eigenvalue weighted by Crippen LogP contribution is 2.11. The van der Waals surface area contributed by atoms with E-state index in [9.17, 15) is 9.59 Å². The molecule has 17 heavy (non-hydrogen) atoms. The molecule has 1 amide bonds. The van der Waals surface area contributed by atoms with Crippen LogP contribution in [0.15, 0.2) is 23.3 Å². The largest absolute Gasteiger partial charge is 0.394 e. The fourth-order valence-electron chi connectivity index (χ4n) is 1.20. The van der Waals surface area contributed by atoms with Crippen molar-refractivity contribution in [3.63, 3.8) is 0 Å². The summed E-state index contributed by atoms with van der Waals surface area (Å²) in [5.74, 6) is -0.251. The maximum absolute atomic E-state index is 11.9. The molecule has 1 heterocycles. The van der Waals surface area contributed by atoms with E-state index in [1.54, 1.807) is 27.0 Å². The average Bonchev–Trinajstić information content (AvgIpc) is 2.31. The normalized spacial score (nSPS) is 11.3. The van der Waals surface area contributed by atoms with E-state index in [0.717, 1.165) is 0 Å². The maximum Gasteiger partial charge on any atom is 0.347 e. The highest BCUT2D eigenvalue weighted by molar-refractivity contribution is 5.76. The molecule has 0 radical (unpaired) electrons. The summed E-state index contributed by atoms with van der Waals surface area (Å²) in [6, 6.07) is 1.59. The van der Waals surface area contributed by atoms with Crippen LogP contribution >= 0.6 is 0 Å². The van der Waals surface area contributed by atoms with Gasteiger partial charge in [0.25, 0.3) is 0 Å². The second-order valence-electron chi connectivity index (χ2n) is 4.45. The summed E-state index contributed by atoms with van der Waals surface area (Å²) < 4.78 is 1.23. The molecule has 0 aliphatic heterocycles. The summed E-state index contributed by atoms with van der Waals surface area (Å²) in [6.45, 7) is 3.28. The minimum atomic E-state index is -0.650. The summed E-state index contributed by atoms with van der Waals surface area (Å²) in [5, 5.41) is 9.16. The molecule has 6 nitrogen and oxygen atoms in total. The third-order valence-electron chi connectivity index (χ3n) is 2.76. The van der Waals surface area contributed by atoms with Crippen LogP contribution in [0.2, 0.25) is 0 Å². The van der Waals surface area contributed by atoms with Crippen LogP contribution in [0, 0.1) is 0 Å². The zero-order chi connectivity index (χ0) is 13.1. The van der Waals surface area contributed by atoms with Gasteiger partial charge in [0.1, 0.15) is 6.54 Å². The summed E-state index contributed by atoms with van der Waals surface area (Å²) >= 11 is 0. The molecule has 0 aliphatic rings. The van der Waals surface area contributed by atoms with E-state index in [1.165, 1.54) is 21.9 Å². The Bertz CT molecular complexity index is 453. The van der Waals surface area contributed by atoms with E-state index in [0.29, 0.717) is 0 Å². The number of aromatic nitrogens is 2. The van der Waals surface area contributed by atoms with Crippen molar-refractivity contribution in [3.05, 3.63) is 28.9 Å². The lowest BCUT2D eigenvalue weighted by Gasteiger charge is -2.34. The number of hydrogen-bond acceptors (Lipinski definition) is 4. The number of carbonyl (C=O) groups excluding carboxylic acids is 1. The first-order valence-electron chi connectivity index (χ1n) is 5.27. The fourth-order valence-corrected chi connectivity index (χ4v) is 1.20. The standard InChI is InChI=1S/C11H17N3O3/c1-11(2,8-15)13(3)9(16)7-14-6-4-5-12-10(14)17/h4-6,15H,7-8H2,1-3H3. The summed E-state index contributed by atoms with van der Waals surface area (Å²) in [6.07, 6.45) is 2.89. The molecular weight excluding hydrogens is 222 g/mol. The first-order chi connectivity index (χ1) is 7.88. The van der Waals surface area contributed by atoms with Crippen molar-refractivity contribution in [2.45, 2.75) is 25.9 Å². The molecule has 0 saturated heterocycles. The van der Waals surface area contributed by atoms with E-state index >= 15 is 0 Å². The monoisotopic (exact) mass is 239 g/mol. The first kappa shape index (κ1) is 13.4. The second-order valence-corrected chi connectivity index (χ2v) is 4.45. The van der Waals surface area contributed by atoms with Crippen LogP contribution < -0.4 is 5.69 Å². The third-order valence-corrected chi connectivity index (χ3v) is 2.76. The van der Waals surface area contributed by atoms with Crippen molar-refractivity contribution in [2.24, 2.45) is 0 Å². The molecule has 0 fully saturated rings. The van der Waals surface area contributed by atoms with E-state index in [4.69, 9.17) is 5.11 Å². The zero-order valence-corrected chi connectivity index (χ0v) is 10.3. The first-order valence-corrected chi connectivity index (χ1v) is 5.27. The van der Waals surface area contributed by atoms with Crippen LogP contribution in [0.25, 0.3) is 0 Å². The number of rotatable bonds is 4. The van der Waals surface area contributed by atoms with Crippen LogP contribution in [0.4, 0.5) is 0 Å². The quantitative estimate of drug-likeness (QED) is 0.766. The number of aliphatic hydroxyl groups is 1. The van der Waals surface area contributed by atoms with Crippen LogP contribution in [-0.2, 0) is 11.3 Å². The Hall–Kier alpha value is -1.69. The Balaban J connectivity index is 2.81. The molecule has 0 atom stereocenters. The van der Waals surface area contributed by atoms with Crippen LogP contribution in [0.1, 0.15) is 13.8 Å². The molecule has 0 aromatic carbocycles. The fraction of sp³-hybridized carbons (Fsp3) is 0.545. The highest BCUT2D eigenvalue weighted by atomic mass is 16.3. The molecule has 1 aromatic rings. The van der Waals surface area contributed by atoms with Gasteiger partial charge in [-0.2, -0.15) is 0 Å². The van der Waals surface area contributed by atoms with Gasteiger partial charge in [0, 0.05) is 19.4 Å². The molecule has 1 rings (SSSR count). The van der Waals surface area contributed by atoms with E-state index in [2.05, 4.69) is 4.98 Å². The van der Waals surface area contributed by atoms with E-state index in [1.807, 2.05) is 0 Å². The van der Waals surface area contributed by atoms with Crippen molar-refractivity contribution in [1.82, 2.24) is 14.5 Å². The van der Waals surface area contributed by atoms with Gasteiger partial charge in [-0.1, -0.05) is 0 Å². The number of hydrogen-bond donors (Lipinski definition) is 1. The smallest absolute Gasteiger partial charge is 0.347 e. The Morgan fingerprint density at radius 3 is 2.76 bits per heavy atom. The van der Waals surface area contributed by atoms with Gasteiger partial charge in [-0.05, 0) is 19.9 Å². The minimum absolute atomic E-state index is 0.0768. The summed E-state index contributed by atoms with van der Waals surface area (Å²) in [7, 11) is 1.60. The molecule has 0 spiro atoms. The lowest BCUT2D eigenvalue weighted by molar-refractivity contribution is -0.136. The SMILES string of the molecule is CN(C(=O)Cn1cccnc1=O)C(C)(C)CO. The molecule has 0 aliphatic carbocycles. The van der Waals surface area contributed by atoms with Gasteiger partial charge in [0.15, 0.2) is 0 Å². The van der Waals surface area contributed by atoms with Crippen molar-refractivity contribution >= 4 is 5.91 Å². The van der Waals surface area contributed by atoms with Gasteiger partial charge in [-0.15, -0.1) is 0 Å². The second kappa shape index (κ2) is 5.09. The molecule has 6 heteroatoms. The predicted molar refractivity (Wildman–Crippen MR) is 62.4 cm³/mol. The van der Waals surface area contributed by atoms with Gasteiger partial charge in [-0.3, -0.25) is 9.36 Å². The highest BCUT2D eigenvalue weighted by Gasteiger charge is 2.26. The van der Waals surface area contributed by atoms with Gasteiger partial charge in [0.2, 0.25) is 5.91 Å². The van der Waals surface area contributed by atoms with Crippen LogP contribution in [0.5, 0.6) is 0 Å². The molecular formula is C11H17N3O3. The van der Waals surface area contributed by atoms with Gasteiger partial charge < -0.3 is 10.0 Å². The Morgan fingerprint density at radius 1 is 1.59 bits per heavy atom. The van der Waals surface area contributed by atoms with E-state index < -0.39 is 11.2 Å². The lowest BCUT2D eigenvalue weighted by atomic mass is 10.1. The molecule has 1 aromatic heterocycles. The van der Waals surface area contributed by atoms with Gasteiger partial charge >= 0.3 is 5.69 Å². The van der Waals surface area contributed by atoms with E-state index in [-0.39, 0.29) is 19.1 Å². The predicted octanol–water partition coefficient (Wildman–Crippen LogP) is -0.527. The summed E-state index contributed by atoms with van der Waals surface area (Å²) in [5.41, 5.74) is -1.11. The number of aliphatic hydroxyl groups excluding tert-OH is 1. The van der Waals surface area contributed by atoms with Crippen molar-refractivity contribution in [2.75, 3.05) is 13.7 Å². The number of likely N-dealkylation sites (N-methyl/N-ethyl adjacent to an activating group) is 1. The topological polar surface area (TPSA) is 75.4 Å². The third kappa shape index (κ3) is 3.13. The number of amides is 1. The molecule has 0 unspecified atom stereocenters. The minimum Gasteiger partial charge on any atom is -0.394 e.